The Kier molecular flexibility index (Phi) is 5.64. The van der Waals surface area contributed by atoms with Gasteiger partial charge in [0.05, 0.1) is 11.6 Å². The van der Waals surface area contributed by atoms with Crippen molar-refractivity contribution in [2.45, 2.75) is 56.4 Å². The van der Waals surface area contributed by atoms with Gasteiger partial charge in [-0.3, -0.25) is 9.80 Å². The van der Waals surface area contributed by atoms with Gasteiger partial charge in [0.1, 0.15) is 5.54 Å². The van der Waals surface area contributed by atoms with Crippen molar-refractivity contribution in [2.75, 3.05) is 32.7 Å². The van der Waals surface area contributed by atoms with Crippen LogP contribution in [0.4, 0.5) is 18.0 Å². The zero-order valence-corrected chi connectivity index (χ0v) is 17.5. The first-order valence-corrected chi connectivity index (χ1v) is 10.7. The minimum atomic E-state index is -4.35. The second kappa shape index (κ2) is 7.99. The molecule has 1 aliphatic carbocycles. The Morgan fingerprint density at radius 2 is 1.94 bits per heavy atom. The molecule has 168 valence electrons. The lowest BCUT2D eigenvalue weighted by atomic mass is 9.85. The van der Waals surface area contributed by atoms with Crippen LogP contribution in [0.1, 0.15) is 48.9 Å². The summed E-state index contributed by atoms with van der Waals surface area (Å²) in [6, 6.07) is 6.59. The SMILES string of the molecule is C[C@H]1CN(C2(C#N)CCN(C(=O)O)CC2)CCN1C1CCc2ccc(C(F)(F)F)cc21. The number of piperazine rings is 1. The number of amides is 1. The maximum Gasteiger partial charge on any atom is 0.416 e. The molecule has 1 aromatic rings. The van der Waals surface area contributed by atoms with Crippen LogP contribution >= 0.6 is 0 Å². The first-order valence-electron chi connectivity index (χ1n) is 10.7. The second-order valence-electron chi connectivity index (χ2n) is 8.91. The van der Waals surface area contributed by atoms with Gasteiger partial charge >= 0.3 is 12.3 Å². The first kappa shape index (κ1) is 21.9. The molecule has 2 saturated heterocycles. The lowest BCUT2D eigenvalue weighted by Gasteiger charge is -2.50. The molecule has 2 atom stereocenters. The van der Waals surface area contributed by atoms with Gasteiger partial charge in [0, 0.05) is 44.8 Å². The second-order valence-corrected chi connectivity index (χ2v) is 8.91. The largest absolute Gasteiger partial charge is 0.465 e. The highest BCUT2D eigenvalue weighted by molar-refractivity contribution is 5.65. The summed E-state index contributed by atoms with van der Waals surface area (Å²) in [5.41, 5.74) is 0.490. The van der Waals surface area contributed by atoms with Crippen LogP contribution < -0.4 is 0 Å². The van der Waals surface area contributed by atoms with Gasteiger partial charge in [-0.25, -0.2) is 4.79 Å². The Morgan fingerprint density at radius 1 is 1.23 bits per heavy atom. The predicted molar refractivity (Wildman–Crippen MR) is 107 cm³/mol. The van der Waals surface area contributed by atoms with Gasteiger partial charge in [-0.05, 0) is 55.9 Å². The molecule has 31 heavy (non-hydrogen) atoms. The smallest absolute Gasteiger partial charge is 0.416 e. The van der Waals surface area contributed by atoms with E-state index >= 15 is 0 Å². The van der Waals surface area contributed by atoms with E-state index in [2.05, 4.69) is 22.8 Å². The van der Waals surface area contributed by atoms with Gasteiger partial charge in [-0.15, -0.1) is 0 Å². The van der Waals surface area contributed by atoms with Gasteiger partial charge in [-0.1, -0.05) is 6.07 Å². The fourth-order valence-corrected chi connectivity index (χ4v) is 5.49. The third-order valence-corrected chi connectivity index (χ3v) is 7.27. The van der Waals surface area contributed by atoms with E-state index in [0.29, 0.717) is 45.6 Å². The highest BCUT2D eigenvalue weighted by Crippen LogP contribution is 2.42. The lowest BCUT2D eigenvalue weighted by molar-refractivity contribution is -0.137. The molecule has 1 unspecified atom stereocenters. The Balaban J connectivity index is 1.48. The summed E-state index contributed by atoms with van der Waals surface area (Å²) in [4.78, 5) is 17.0. The molecule has 1 N–H and O–H groups in total. The quantitative estimate of drug-likeness (QED) is 0.765. The number of benzene rings is 1. The summed E-state index contributed by atoms with van der Waals surface area (Å²) in [6.07, 6.45) is -2.78. The number of piperidine rings is 1. The topological polar surface area (TPSA) is 70.8 Å². The minimum absolute atomic E-state index is 0.0404. The van der Waals surface area contributed by atoms with Crippen LogP contribution in [0.5, 0.6) is 0 Å². The van der Waals surface area contributed by atoms with E-state index in [9.17, 15) is 28.3 Å². The first-order chi connectivity index (χ1) is 14.6. The van der Waals surface area contributed by atoms with E-state index < -0.39 is 23.4 Å². The molecule has 3 aliphatic rings. The van der Waals surface area contributed by atoms with E-state index in [0.717, 1.165) is 24.0 Å². The van der Waals surface area contributed by atoms with Crippen LogP contribution in [0.25, 0.3) is 0 Å². The molecule has 2 aliphatic heterocycles. The van der Waals surface area contributed by atoms with Crippen molar-refractivity contribution in [3.05, 3.63) is 34.9 Å². The molecule has 0 saturated carbocycles. The van der Waals surface area contributed by atoms with Gasteiger partial charge in [0.25, 0.3) is 0 Å². The van der Waals surface area contributed by atoms with Crippen molar-refractivity contribution in [1.29, 1.82) is 5.26 Å². The van der Waals surface area contributed by atoms with Gasteiger partial charge in [0.15, 0.2) is 0 Å². The number of nitriles is 1. The Bertz CT molecular complexity index is 890. The number of hydrogen-bond acceptors (Lipinski definition) is 4. The van der Waals surface area contributed by atoms with Crippen molar-refractivity contribution < 1.29 is 23.1 Å². The molecular formula is C22H27F3N4O2. The maximum atomic E-state index is 13.2. The van der Waals surface area contributed by atoms with Crippen molar-refractivity contribution >= 4 is 6.09 Å². The molecule has 4 rings (SSSR count). The van der Waals surface area contributed by atoms with Crippen molar-refractivity contribution in [2.24, 2.45) is 0 Å². The number of aryl methyl sites for hydroxylation is 1. The number of likely N-dealkylation sites (tertiary alicyclic amines) is 1. The molecule has 1 aromatic carbocycles. The average molecular weight is 436 g/mol. The fraction of sp³-hybridized carbons (Fsp3) is 0.636. The number of hydrogen-bond donors (Lipinski definition) is 1. The van der Waals surface area contributed by atoms with E-state index in [1.165, 1.54) is 17.0 Å². The van der Waals surface area contributed by atoms with Crippen LogP contribution in [0.15, 0.2) is 18.2 Å². The summed E-state index contributed by atoms with van der Waals surface area (Å²) < 4.78 is 39.7. The van der Waals surface area contributed by atoms with E-state index in [-0.39, 0.29) is 12.1 Å². The van der Waals surface area contributed by atoms with Crippen molar-refractivity contribution in [3.8, 4) is 6.07 Å². The molecule has 6 nitrogen and oxygen atoms in total. The van der Waals surface area contributed by atoms with E-state index in [1.54, 1.807) is 6.07 Å². The summed E-state index contributed by atoms with van der Waals surface area (Å²) in [6.45, 7) is 4.71. The molecule has 0 bridgehead atoms. The highest BCUT2D eigenvalue weighted by Gasteiger charge is 2.45. The Hall–Kier alpha value is -2.31. The number of rotatable bonds is 2. The maximum absolute atomic E-state index is 13.2. The van der Waals surface area contributed by atoms with Crippen molar-refractivity contribution in [3.63, 3.8) is 0 Å². The zero-order chi connectivity index (χ0) is 22.4. The molecule has 1 amide bonds. The summed E-state index contributed by atoms with van der Waals surface area (Å²) in [5.74, 6) is 0. The normalized spacial score (nSPS) is 27.0. The molecule has 0 aromatic heterocycles. The van der Waals surface area contributed by atoms with E-state index in [4.69, 9.17) is 0 Å². The number of halogens is 3. The minimum Gasteiger partial charge on any atom is -0.465 e. The van der Waals surface area contributed by atoms with Crippen LogP contribution in [0.3, 0.4) is 0 Å². The third-order valence-electron chi connectivity index (χ3n) is 7.27. The number of alkyl halides is 3. The highest BCUT2D eigenvalue weighted by atomic mass is 19.4. The van der Waals surface area contributed by atoms with Gasteiger partial charge < -0.3 is 10.0 Å². The van der Waals surface area contributed by atoms with Crippen LogP contribution in [0, 0.1) is 11.3 Å². The number of carboxylic acid groups (broad SMARTS) is 1. The summed E-state index contributed by atoms with van der Waals surface area (Å²) in [5, 5.41) is 19.1. The molecular weight excluding hydrogens is 409 g/mol. The number of nitrogens with zero attached hydrogens (tertiary/aromatic N) is 4. The molecule has 2 heterocycles. The van der Waals surface area contributed by atoms with E-state index in [1.807, 2.05) is 0 Å². The standard InChI is InChI=1S/C22H27F3N4O2/c1-15-13-28(21(14-26)6-8-27(9-7-21)20(30)31)10-11-29(15)19-5-3-16-2-4-17(12-18(16)19)22(23,24)25/h2,4,12,15,19H,3,5-11,13H2,1H3,(H,30,31)/t15-,19?/m0/s1. The zero-order valence-electron chi connectivity index (χ0n) is 17.5. The van der Waals surface area contributed by atoms with Crippen molar-refractivity contribution in [1.82, 2.24) is 14.7 Å². The fourth-order valence-electron chi connectivity index (χ4n) is 5.49. The van der Waals surface area contributed by atoms with Gasteiger partial charge in [-0.2, -0.15) is 18.4 Å². The molecule has 9 heteroatoms. The Morgan fingerprint density at radius 3 is 2.52 bits per heavy atom. The molecule has 2 fully saturated rings. The van der Waals surface area contributed by atoms with Crippen LogP contribution in [-0.4, -0.2) is 70.2 Å². The summed E-state index contributed by atoms with van der Waals surface area (Å²) in [7, 11) is 0. The number of fused-ring (bicyclic) bond motifs is 1. The lowest BCUT2D eigenvalue weighted by Crippen LogP contribution is -2.62. The third kappa shape index (κ3) is 3.99. The monoisotopic (exact) mass is 436 g/mol. The predicted octanol–water partition coefficient (Wildman–Crippen LogP) is 3.73. The molecule has 0 spiro atoms. The van der Waals surface area contributed by atoms with Gasteiger partial charge in [0.2, 0.25) is 0 Å². The van der Waals surface area contributed by atoms with Crippen LogP contribution in [-0.2, 0) is 12.6 Å². The summed E-state index contributed by atoms with van der Waals surface area (Å²) >= 11 is 0. The number of carbonyl (C=O) groups is 1. The Labute approximate surface area is 179 Å². The average Bonchev–Trinajstić information content (AvgIpc) is 3.16. The van der Waals surface area contributed by atoms with Crippen LogP contribution in [0.2, 0.25) is 0 Å². The molecule has 0 radical (unpaired) electrons.